The second kappa shape index (κ2) is 5.83. The minimum Gasteiger partial charge on any atom is -0.349 e. The number of hydrogen-bond donors (Lipinski definition) is 1. The Labute approximate surface area is 117 Å². The Morgan fingerprint density at radius 2 is 1.94 bits per heavy atom. The quantitative estimate of drug-likeness (QED) is 0.851. The lowest BCUT2D eigenvalue weighted by Gasteiger charge is -2.31. The molecule has 1 N–H and O–H groups in total. The molecule has 0 saturated heterocycles. The monoisotopic (exact) mass is 310 g/mol. The summed E-state index contributed by atoms with van der Waals surface area (Å²) in [6.45, 7) is 4.52. The molecule has 2 rings (SSSR count). The Bertz CT molecular complexity index is 408. The van der Waals surface area contributed by atoms with Gasteiger partial charge in [0, 0.05) is 12.2 Å². The van der Waals surface area contributed by atoms with Crippen molar-refractivity contribution in [3.8, 4) is 0 Å². The van der Waals surface area contributed by atoms with Gasteiger partial charge in [-0.3, -0.25) is 4.79 Å². The van der Waals surface area contributed by atoms with Crippen LogP contribution in [0.4, 0.5) is 0 Å². The van der Waals surface area contributed by atoms with Crippen LogP contribution in [0.2, 0.25) is 0 Å². The van der Waals surface area contributed by atoms with Crippen molar-refractivity contribution in [1.29, 1.82) is 0 Å². The lowest BCUT2D eigenvalue weighted by atomic mass is 9.80. The topological polar surface area (TPSA) is 42.0 Å². The van der Waals surface area contributed by atoms with E-state index in [1.54, 1.807) is 18.3 Å². The van der Waals surface area contributed by atoms with E-state index in [9.17, 15) is 4.79 Å². The first-order valence-electron chi connectivity index (χ1n) is 6.47. The summed E-state index contributed by atoms with van der Waals surface area (Å²) in [6.07, 6.45) is 5.04. The molecule has 1 heterocycles. The molecule has 0 aromatic carbocycles. The molecule has 18 heavy (non-hydrogen) atoms. The largest absolute Gasteiger partial charge is 0.349 e. The zero-order valence-corrected chi connectivity index (χ0v) is 12.4. The average Bonchev–Trinajstić information content (AvgIpc) is 2.28. The van der Waals surface area contributed by atoms with Crippen molar-refractivity contribution in [2.45, 2.75) is 39.2 Å². The van der Waals surface area contributed by atoms with Crippen LogP contribution in [0, 0.1) is 11.8 Å². The zero-order valence-electron chi connectivity index (χ0n) is 10.8. The van der Waals surface area contributed by atoms with Gasteiger partial charge in [-0.05, 0) is 59.2 Å². The van der Waals surface area contributed by atoms with Gasteiger partial charge in [-0.1, -0.05) is 13.8 Å². The summed E-state index contributed by atoms with van der Waals surface area (Å²) in [5.41, 5.74) is 0.629. The molecule has 4 heteroatoms. The van der Waals surface area contributed by atoms with E-state index >= 15 is 0 Å². The Morgan fingerprint density at radius 1 is 1.28 bits per heavy atom. The van der Waals surface area contributed by atoms with Gasteiger partial charge in [-0.15, -0.1) is 0 Å². The SMILES string of the molecule is CC1CC(C)CC(NC(=O)c2ccc(Br)nc2)C1. The first-order chi connectivity index (χ1) is 8.54. The molecule has 1 amide bonds. The zero-order chi connectivity index (χ0) is 13.1. The fraction of sp³-hybridized carbons (Fsp3) is 0.571. The number of hydrogen-bond acceptors (Lipinski definition) is 2. The van der Waals surface area contributed by atoms with Crippen LogP contribution in [-0.2, 0) is 0 Å². The third kappa shape index (κ3) is 3.55. The fourth-order valence-electron chi connectivity index (χ4n) is 2.84. The van der Waals surface area contributed by atoms with Crippen molar-refractivity contribution < 1.29 is 4.79 Å². The number of aromatic nitrogens is 1. The molecular formula is C14H19BrN2O. The Kier molecular flexibility index (Phi) is 4.38. The molecule has 3 nitrogen and oxygen atoms in total. The number of nitrogens with zero attached hydrogens (tertiary/aromatic N) is 1. The molecule has 1 fully saturated rings. The third-order valence-electron chi connectivity index (χ3n) is 3.50. The number of nitrogens with one attached hydrogen (secondary N) is 1. The predicted octanol–water partition coefficient (Wildman–Crippen LogP) is 3.40. The molecular weight excluding hydrogens is 292 g/mol. The second-order valence-electron chi connectivity index (χ2n) is 5.46. The van der Waals surface area contributed by atoms with E-state index in [-0.39, 0.29) is 5.91 Å². The van der Waals surface area contributed by atoms with E-state index < -0.39 is 0 Å². The Hall–Kier alpha value is -0.900. The summed E-state index contributed by atoms with van der Waals surface area (Å²) in [7, 11) is 0. The van der Waals surface area contributed by atoms with E-state index in [1.165, 1.54) is 6.42 Å². The smallest absolute Gasteiger partial charge is 0.253 e. The molecule has 1 aromatic heterocycles. The lowest BCUT2D eigenvalue weighted by Crippen LogP contribution is -2.40. The highest BCUT2D eigenvalue weighted by Crippen LogP contribution is 2.28. The maximum atomic E-state index is 12.1. The highest BCUT2D eigenvalue weighted by Gasteiger charge is 2.25. The predicted molar refractivity (Wildman–Crippen MR) is 75.4 cm³/mol. The number of rotatable bonds is 2. The molecule has 98 valence electrons. The minimum absolute atomic E-state index is 0.0127. The van der Waals surface area contributed by atoms with Gasteiger partial charge in [0.2, 0.25) is 0 Å². The minimum atomic E-state index is -0.0127. The molecule has 1 aromatic rings. The van der Waals surface area contributed by atoms with E-state index in [2.05, 4.69) is 40.1 Å². The van der Waals surface area contributed by atoms with Crippen molar-refractivity contribution in [2.75, 3.05) is 0 Å². The molecule has 1 aliphatic rings. The van der Waals surface area contributed by atoms with Crippen LogP contribution < -0.4 is 5.32 Å². The molecule has 1 aliphatic carbocycles. The maximum absolute atomic E-state index is 12.1. The summed E-state index contributed by atoms with van der Waals surface area (Å²) >= 11 is 3.27. The van der Waals surface area contributed by atoms with Crippen LogP contribution in [0.25, 0.3) is 0 Å². The van der Waals surface area contributed by atoms with Crippen LogP contribution >= 0.6 is 15.9 Å². The third-order valence-corrected chi connectivity index (χ3v) is 3.97. The summed E-state index contributed by atoms with van der Waals surface area (Å²) in [4.78, 5) is 16.2. The first kappa shape index (κ1) is 13.5. The van der Waals surface area contributed by atoms with Gasteiger partial charge in [-0.2, -0.15) is 0 Å². The van der Waals surface area contributed by atoms with Crippen LogP contribution in [-0.4, -0.2) is 16.9 Å². The van der Waals surface area contributed by atoms with Crippen molar-refractivity contribution in [3.63, 3.8) is 0 Å². The number of halogens is 1. The van der Waals surface area contributed by atoms with E-state index in [0.717, 1.165) is 17.4 Å². The number of amides is 1. The number of pyridine rings is 1. The van der Waals surface area contributed by atoms with Crippen LogP contribution in [0.15, 0.2) is 22.9 Å². The van der Waals surface area contributed by atoms with Gasteiger partial charge in [-0.25, -0.2) is 4.98 Å². The van der Waals surface area contributed by atoms with Gasteiger partial charge in [0.05, 0.1) is 5.56 Å². The van der Waals surface area contributed by atoms with Gasteiger partial charge >= 0.3 is 0 Å². The van der Waals surface area contributed by atoms with Gasteiger partial charge in [0.1, 0.15) is 4.60 Å². The molecule has 0 aliphatic heterocycles. The molecule has 1 saturated carbocycles. The van der Waals surface area contributed by atoms with Gasteiger partial charge in [0.25, 0.3) is 5.91 Å². The Morgan fingerprint density at radius 3 is 2.50 bits per heavy atom. The van der Waals surface area contributed by atoms with E-state index in [0.29, 0.717) is 23.4 Å². The standard InChI is InChI=1S/C14H19BrN2O/c1-9-5-10(2)7-12(6-9)17-14(18)11-3-4-13(15)16-8-11/h3-4,8-10,12H,5-7H2,1-2H3,(H,17,18). The summed E-state index contributed by atoms with van der Waals surface area (Å²) in [6, 6.07) is 3.89. The summed E-state index contributed by atoms with van der Waals surface area (Å²) in [5, 5.41) is 3.12. The molecule has 0 spiro atoms. The molecule has 0 bridgehead atoms. The van der Waals surface area contributed by atoms with Crippen molar-refractivity contribution in [3.05, 3.63) is 28.5 Å². The molecule has 2 unspecified atom stereocenters. The van der Waals surface area contributed by atoms with E-state index in [4.69, 9.17) is 0 Å². The van der Waals surface area contributed by atoms with Crippen LogP contribution in [0.5, 0.6) is 0 Å². The first-order valence-corrected chi connectivity index (χ1v) is 7.26. The van der Waals surface area contributed by atoms with Crippen LogP contribution in [0.1, 0.15) is 43.5 Å². The molecule has 2 atom stereocenters. The van der Waals surface area contributed by atoms with Crippen LogP contribution in [0.3, 0.4) is 0 Å². The highest BCUT2D eigenvalue weighted by atomic mass is 79.9. The normalized spacial score (nSPS) is 27.8. The van der Waals surface area contributed by atoms with Crippen molar-refractivity contribution >= 4 is 21.8 Å². The fourth-order valence-corrected chi connectivity index (χ4v) is 3.08. The number of carbonyl (C=O) groups excluding carboxylic acids is 1. The lowest BCUT2D eigenvalue weighted by molar-refractivity contribution is 0.0911. The van der Waals surface area contributed by atoms with Gasteiger partial charge < -0.3 is 5.32 Å². The highest BCUT2D eigenvalue weighted by molar-refractivity contribution is 9.10. The summed E-state index contributed by atoms with van der Waals surface area (Å²) in [5.74, 6) is 1.38. The molecule has 0 radical (unpaired) electrons. The van der Waals surface area contributed by atoms with Crippen molar-refractivity contribution in [1.82, 2.24) is 10.3 Å². The van der Waals surface area contributed by atoms with Crippen molar-refractivity contribution in [2.24, 2.45) is 11.8 Å². The maximum Gasteiger partial charge on any atom is 0.253 e. The summed E-state index contributed by atoms with van der Waals surface area (Å²) < 4.78 is 0.749. The van der Waals surface area contributed by atoms with Gasteiger partial charge in [0.15, 0.2) is 0 Å². The van der Waals surface area contributed by atoms with E-state index in [1.807, 2.05) is 0 Å². The number of carbonyl (C=O) groups is 1. The average molecular weight is 311 g/mol. The second-order valence-corrected chi connectivity index (χ2v) is 6.27. The Balaban J connectivity index is 1.96.